The average Bonchev–Trinajstić information content (AvgIpc) is 2.62. The minimum atomic E-state index is 0.391. The molecule has 0 N–H and O–H groups in total. The van der Waals surface area contributed by atoms with Gasteiger partial charge >= 0.3 is 0 Å². The number of aryl methyl sites for hydroxylation is 2. The highest BCUT2D eigenvalue weighted by Gasteiger charge is 2.08. The molecule has 0 aliphatic carbocycles. The minimum Gasteiger partial charge on any atom is -0.425 e. The number of aromatic nitrogens is 4. The summed E-state index contributed by atoms with van der Waals surface area (Å²) in [5.74, 6) is 2.04. The lowest BCUT2D eigenvalue weighted by Crippen LogP contribution is -1.88. The van der Waals surface area contributed by atoms with Gasteiger partial charge in [0.2, 0.25) is 23.6 Å². The summed E-state index contributed by atoms with van der Waals surface area (Å²) in [6, 6.07) is 0. The fraction of sp³-hybridized carbons (Fsp3) is 0.429. The fourth-order valence-electron chi connectivity index (χ4n) is 0.947. The van der Waals surface area contributed by atoms with Gasteiger partial charge in [0.15, 0.2) is 0 Å². The van der Waals surface area contributed by atoms with E-state index >= 15 is 0 Å². The second-order valence-electron chi connectivity index (χ2n) is 2.61. The molecule has 0 aliphatic heterocycles. The van der Waals surface area contributed by atoms with Crippen molar-refractivity contribution in [2.24, 2.45) is 0 Å². The summed E-state index contributed by atoms with van der Waals surface area (Å²) in [6.45, 7) is 3.46. The van der Waals surface area contributed by atoms with E-state index < -0.39 is 0 Å². The largest absolute Gasteiger partial charge is 0.425 e. The topological polar surface area (TPSA) is 77.8 Å². The predicted molar refractivity (Wildman–Crippen MR) is 40.9 cm³/mol. The summed E-state index contributed by atoms with van der Waals surface area (Å²) >= 11 is 0. The van der Waals surface area contributed by atoms with Crippen molar-refractivity contribution in [3.8, 4) is 0 Å². The van der Waals surface area contributed by atoms with Gasteiger partial charge in [0.25, 0.3) is 0 Å². The number of hydrogen-bond acceptors (Lipinski definition) is 6. The van der Waals surface area contributed by atoms with Gasteiger partial charge in [0.1, 0.15) is 6.42 Å². The highest BCUT2D eigenvalue weighted by molar-refractivity contribution is 4.91. The Labute approximate surface area is 74.0 Å². The van der Waals surface area contributed by atoms with Crippen LogP contribution in [0.2, 0.25) is 0 Å². The first kappa shape index (κ1) is 7.90. The predicted octanol–water partition coefficient (Wildman–Crippen LogP) is 0.660. The van der Waals surface area contributed by atoms with Gasteiger partial charge in [-0.2, -0.15) is 0 Å². The quantitative estimate of drug-likeness (QED) is 0.675. The van der Waals surface area contributed by atoms with E-state index in [9.17, 15) is 0 Å². The lowest BCUT2D eigenvalue weighted by atomic mass is 10.4. The molecule has 0 saturated carbocycles. The molecule has 13 heavy (non-hydrogen) atoms. The third kappa shape index (κ3) is 1.71. The Hall–Kier alpha value is -1.72. The molecular weight excluding hydrogens is 172 g/mol. The maximum Gasteiger partial charge on any atom is 0.225 e. The molecule has 0 atom stereocenters. The van der Waals surface area contributed by atoms with E-state index in [2.05, 4.69) is 20.4 Å². The molecule has 0 bridgehead atoms. The van der Waals surface area contributed by atoms with Crippen LogP contribution in [0.15, 0.2) is 8.83 Å². The minimum absolute atomic E-state index is 0.391. The lowest BCUT2D eigenvalue weighted by Gasteiger charge is -1.85. The molecule has 0 radical (unpaired) electrons. The van der Waals surface area contributed by atoms with E-state index in [4.69, 9.17) is 8.83 Å². The number of hydrogen-bond donors (Lipinski definition) is 0. The first-order chi connectivity index (χ1) is 6.24. The highest BCUT2D eigenvalue weighted by atomic mass is 16.4. The Kier molecular flexibility index (Phi) is 1.80. The van der Waals surface area contributed by atoms with Crippen molar-refractivity contribution in [3.05, 3.63) is 23.6 Å². The van der Waals surface area contributed by atoms with E-state index in [-0.39, 0.29) is 0 Å². The second kappa shape index (κ2) is 2.96. The summed E-state index contributed by atoms with van der Waals surface area (Å²) in [6.07, 6.45) is 0.391. The average molecular weight is 180 g/mol. The third-order valence-electron chi connectivity index (χ3n) is 1.44. The van der Waals surface area contributed by atoms with Crippen LogP contribution in [-0.2, 0) is 6.42 Å². The van der Waals surface area contributed by atoms with Gasteiger partial charge in [-0.15, -0.1) is 20.4 Å². The Morgan fingerprint density at radius 2 is 1.31 bits per heavy atom. The van der Waals surface area contributed by atoms with E-state index in [1.807, 2.05) is 0 Å². The molecule has 2 aromatic heterocycles. The number of rotatable bonds is 2. The standard InChI is InChI=1S/C7H8N4O2/c1-4-8-10-6(12-4)3-7-11-9-5(2)13-7/h3H2,1-2H3. The zero-order valence-electron chi connectivity index (χ0n) is 7.31. The van der Waals surface area contributed by atoms with Crippen LogP contribution in [0.3, 0.4) is 0 Å². The zero-order chi connectivity index (χ0) is 9.26. The molecule has 68 valence electrons. The van der Waals surface area contributed by atoms with Gasteiger partial charge in [-0.1, -0.05) is 0 Å². The van der Waals surface area contributed by atoms with Crippen molar-refractivity contribution in [2.45, 2.75) is 20.3 Å². The summed E-state index contributed by atoms with van der Waals surface area (Å²) in [5.41, 5.74) is 0. The molecular formula is C7H8N4O2. The molecule has 0 aliphatic rings. The van der Waals surface area contributed by atoms with Gasteiger partial charge in [-0.05, 0) is 0 Å². The van der Waals surface area contributed by atoms with Crippen LogP contribution < -0.4 is 0 Å². The molecule has 0 unspecified atom stereocenters. The molecule has 2 heterocycles. The molecule has 0 amide bonds. The van der Waals surface area contributed by atoms with Crippen LogP contribution in [0.5, 0.6) is 0 Å². The Bertz CT molecular complexity index is 368. The first-order valence-corrected chi connectivity index (χ1v) is 3.82. The van der Waals surface area contributed by atoms with E-state index in [0.29, 0.717) is 30.0 Å². The molecule has 2 aromatic rings. The summed E-state index contributed by atoms with van der Waals surface area (Å²) in [7, 11) is 0. The molecule has 2 rings (SSSR count). The summed E-state index contributed by atoms with van der Waals surface area (Å²) < 4.78 is 10.3. The van der Waals surface area contributed by atoms with Crippen molar-refractivity contribution >= 4 is 0 Å². The molecule has 0 fully saturated rings. The van der Waals surface area contributed by atoms with Crippen molar-refractivity contribution in [1.82, 2.24) is 20.4 Å². The normalized spacial score (nSPS) is 10.6. The third-order valence-corrected chi connectivity index (χ3v) is 1.44. The number of nitrogens with zero attached hydrogens (tertiary/aromatic N) is 4. The molecule has 6 nitrogen and oxygen atoms in total. The summed E-state index contributed by atoms with van der Waals surface area (Å²) in [4.78, 5) is 0. The monoisotopic (exact) mass is 180 g/mol. The van der Waals surface area contributed by atoms with Crippen molar-refractivity contribution in [1.29, 1.82) is 0 Å². The molecule has 0 spiro atoms. The highest BCUT2D eigenvalue weighted by Crippen LogP contribution is 2.06. The van der Waals surface area contributed by atoms with Crippen LogP contribution in [0.25, 0.3) is 0 Å². The van der Waals surface area contributed by atoms with E-state index in [1.165, 1.54) is 0 Å². The fourth-order valence-corrected chi connectivity index (χ4v) is 0.947. The Balaban J connectivity index is 2.14. The van der Waals surface area contributed by atoms with Crippen LogP contribution in [0, 0.1) is 13.8 Å². The molecule has 0 aromatic carbocycles. The van der Waals surface area contributed by atoms with Gasteiger partial charge < -0.3 is 8.83 Å². The van der Waals surface area contributed by atoms with Gasteiger partial charge in [0.05, 0.1) is 0 Å². The first-order valence-electron chi connectivity index (χ1n) is 3.82. The smallest absolute Gasteiger partial charge is 0.225 e. The van der Waals surface area contributed by atoms with Gasteiger partial charge in [-0.3, -0.25) is 0 Å². The van der Waals surface area contributed by atoms with Crippen LogP contribution in [0.1, 0.15) is 23.6 Å². The molecule has 6 heteroatoms. The van der Waals surface area contributed by atoms with Crippen molar-refractivity contribution in [2.75, 3.05) is 0 Å². The van der Waals surface area contributed by atoms with E-state index in [1.54, 1.807) is 13.8 Å². The maximum absolute atomic E-state index is 5.15. The second-order valence-corrected chi connectivity index (χ2v) is 2.61. The van der Waals surface area contributed by atoms with Gasteiger partial charge in [-0.25, -0.2) is 0 Å². The summed E-state index contributed by atoms with van der Waals surface area (Å²) in [5, 5.41) is 15.0. The van der Waals surface area contributed by atoms with Crippen molar-refractivity contribution < 1.29 is 8.83 Å². The van der Waals surface area contributed by atoms with Crippen LogP contribution >= 0.6 is 0 Å². The SMILES string of the molecule is Cc1nnc(Cc2nnc(C)o2)o1. The zero-order valence-corrected chi connectivity index (χ0v) is 7.31. The van der Waals surface area contributed by atoms with Gasteiger partial charge in [0, 0.05) is 13.8 Å². The van der Waals surface area contributed by atoms with Crippen molar-refractivity contribution in [3.63, 3.8) is 0 Å². The van der Waals surface area contributed by atoms with Crippen LogP contribution in [0.4, 0.5) is 0 Å². The van der Waals surface area contributed by atoms with Crippen LogP contribution in [-0.4, -0.2) is 20.4 Å². The molecule has 0 saturated heterocycles. The lowest BCUT2D eigenvalue weighted by molar-refractivity contribution is 0.432. The Morgan fingerprint density at radius 3 is 1.62 bits per heavy atom. The maximum atomic E-state index is 5.15. The van der Waals surface area contributed by atoms with E-state index in [0.717, 1.165) is 0 Å². The Morgan fingerprint density at radius 1 is 0.846 bits per heavy atom.